The minimum absolute atomic E-state index is 0.151. The summed E-state index contributed by atoms with van der Waals surface area (Å²) in [4.78, 5) is 12.7. The van der Waals surface area contributed by atoms with Crippen molar-refractivity contribution in [2.24, 2.45) is 5.92 Å². The lowest BCUT2D eigenvalue weighted by atomic mass is 9.72. The summed E-state index contributed by atoms with van der Waals surface area (Å²) in [6.45, 7) is 1.05. The minimum atomic E-state index is -1.34. The van der Waals surface area contributed by atoms with E-state index >= 15 is 0 Å². The van der Waals surface area contributed by atoms with Gasteiger partial charge in [-0.05, 0) is 54.2 Å². The van der Waals surface area contributed by atoms with Crippen molar-refractivity contribution in [3.8, 4) is 23.0 Å². The maximum absolute atomic E-state index is 12.1. The van der Waals surface area contributed by atoms with Crippen LogP contribution in [-0.2, 0) is 5.60 Å². The summed E-state index contributed by atoms with van der Waals surface area (Å²) in [7, 11) is 0. The zero-order valence-electron chi connectivity index (χ0n) is 15.7. The molecular weight excluding hydrogens is 378 g/mol. The Morgan fingerprint density at radius 2 is 1.34 bits per heavy atom. The van der Waals surface area contributed by atoms with Gasteiger partial charge in [-0.3, -0.25) is 0 Å². The number of fused-ring (bicyclic) bond motifs is 2. The maximum Gasteiger partial charge on any atom is 0.407 e. The van der Waals surface area contributed by atoms with Crippen LogP contribution in [0.2, 0.25) is 0 Å². The van der Waals surface area contributed by atoms with Crippen molar-refractivity contribution in [3.63, 3.8) is 0 Å². The molecule has 3 aliphatic heterocycles. The molecule has 152 valence electrons. The molecular formula is C21H21NO7. The molecule has 0 aliphatic carbocycles. The predicted octanol–water partition coefficient (Wildman–Crippen LogP) is 2.77. The van der Waals surface area contributed by atoms with Crippen LogP contribution in [0.15, 0.2) is 36.4 Å². The average Bonchev–Trinajstić information content (AvgIpc) is 3.41. The highest BCUT2D eigenvalue weighted by atomic mass is 16.7. The van der Waals surface area contributed by atoms with Crippen molar-refractivity contribution in [2.75, 3.05) is 26.7 Å². The molecule has 2 aromatic rings. The Morgan fingerprint density at radius 3 is 1.83 bits per heavy atom. The van der Waals surface area contributed by atoms with Crippen molar-refractivity contribution in [1.82, 2.24) is 4.90 Å². The molecule has 5 rings (SSSR count). The highest BCUT2D eigenvalue weighted by Crippen LogP contribution is 2.47. The summed E-state index contributed by atoms with van der Waals surface area (Å²) in [5, 5.41) is 21.4. The maximum atomic E-state index is 12.1. The highest BCUT2D eigenvalue weighted by molar-refractivity contribution is 5.65. The van der Waals surface area contributed by atoms with Gasteiger partial charge in [-0.15, -0.1) is 0 Å². The Balaban J connectivity index is 1.57. The second kappa shape index (κ2) is 6.73. The van der Waals surface area contributed by atoms with Crippen molar-refractivity contribution in [1.29, 1.82) is 0 Å². The number of benzene rings is 2. The van der Waals surface area contributed by atoms with Crippen LogP contribution in [0.3, 0.4) is 0 Å². The highest BCUT2D eigenvalue weighted by Gasteiger charge is 2.43. The summed E-state index contributed by atoms with van der Waals surface area (Å²) in [6.07, 6.45) is 0.135. The molecule has 0 atom stereocenters. The normalized spacial score (nSPS) is 18.2. The van der Waals surface area contributed by atoms with Gasteiger partial charge in [0.25, 0.3) is 0 Å². The number of hydrogen-bond acceptors (Lipinski definition) is 6. The van der Waals surface area contributed by atoms with Gasteiger partial charge in [0, 0.05) is 13.1 Å². The SMILES string of the molecule is O=C(O)N1CCC(C(O)(c2ccc3c(c2)OCO3)c2ccc3c(c2)OCO3)CC1. The molecule has 0 unspecified atom stereocenters. The lowest BCUT2D eigenvalue weighted by Crippen LogP contribution is -2.45. The lowest BCUT2D eigenvalue weighted by Gasteiger charge is -2.41. The lowest BCUT2D eigenvalue weighted by molar-refractivity contribution is -0.0123. The van der Waals surface area contributed by atoms with Crippen molar-refractivity contribution >= 4 is 6.09 Å². The molecule has 0 bridgehead atoms. The van der Waals surface area contributed by atoms with Crippen LogP contribution in [0.5, 0.6) is 23.0 Å². The summed E-state index contributed by atoms with van der Waals surface area (Å²) in [5.41, 5.74) is 0.0100. The van der Waals surface area contributed by atoms with Gasteiger partial charge in [0.2, 0.25) is 13.6 Å². The second-order valence-electron chi connectivity index (χ2n) is 7.45. The zero-order valence-corrected chi connectivity index (χ0v) is 15.7. The van der Waals surface area contributed by atoms with Gasteiger partial charge in [0.15, 0.2) is 23.0 Å². The molecule has 0 spiro atoms. The molecule has 3 heterocycles. The number of ether oxygens (including phenoxy) is 4. The van der Waals surface area contributed by atoms with Gasteiger partial charge in [-0.2, -0.15) is 0 Å². The number of likely N-dealkylation sites (tertiary alicyclic amines) is 1. The van der Waals surface area contributed by atoms with Gasteiger partial charge < -0.3 is 34.1 Å². The van der Waals surface area contributed by atoms with Crippen LogP contribution in [0, 0.1) is 5.92 Å². The van der Waals surface area contributed by atoms with Gasteiger partial charge in [0.1, 0.15) is 5.60 Å². The average molecular weight is 399 g/mol. The summed E-state index contributed by atoms with van der Waals surface area (Å²) in [6, 6.07) is 10.9. The fourth-order valence-corrected chi connectivity index (χ4v) is 4.39. The molecule has 3 aliphatic rings. The summed E-state index contributed by atoms with van der Waals surface area (Å²) >= 11 is 0. The summed E-state index contributed by atoms with van der Waals surface area (Å²) < 4.78 is 21.8. The van der Waals surface area contributed by atoms with Crippen LogP contribution < -0.4 is 18.9 Å². The van der Waals surface area contributed by atoms with Crippen LogP contribution in [-0.4, -0.2) is 47.9 Å². The minimum Gasteiger partial charge on any atom is -0.465 e. The van der Waals surface area contributed by atoms with Crippen LogP contribution in [0.1, 0.15) is 24.0 Å². The van der Waals surface area contributed by atoms with Crippen LogP contribution >= 0.6 is 0 Å². The van der Waals surface area contributed by atoms with E-state index in [1.807, 2.05) is 12.1 Å². The molecule has 0 aromatic heterocycles. The number of rotatable bonds is 3. The number of nitrogens with zero attached hydrogens (tertiary/aromatic N) is 1. The van der Waals surface area contributed by atoms with E-state index in [0.717, 1.165) is 0 Å². The molecule has 1 saturated heterocycles. The van der Waals surface area contributed by atoms with Crippen LogP contribution in [0.25, 0.3) is 0 Å². The zero-order chi connectivity index (χ0) is 20.0. The molecule has 8 nitrogen and oxygen atoms in total. The smallest absolute Gasteiger partial charge is 0.407 e. The third kappa shape index (κ3) is 2.91. The number of carboxylic acid groups (broad SMARTS) is 1. The first-order chi connectivity index (χ1) is 14.1. The molecule has 0 saturated carbocycles. The molecule has 1 amide bonds. The van der Waals surface area contributed by atoms with E-state index < -0.39 is 11.7 Å². The van der Waals surface area contributed by atoms with E-state index in [-0.39, 0.29) is 19.5 Å². The number of hydrogen-bond donors (Lipinski definition) is 2. The predicted molar refractivity (Wildman–Crippen MR) is 100 cm³/mol. The molecule has 0 radical (unpaired) electrons. The van der Waals surface area contributed by atoms with Crippen molar-refractivity contribution in [3.05, 3.63) is 47.5 Å². The largest absolute Gasteiger partial charge is 0.465 e. The fourth-order valence-electron chi connectivity index (χ4n) is 4.39. The number of aliphatic hydroxyl groups is 1. The number of amides is 1. The van der Waals surface area contributed by atoms with E-state index in [0.29, 0.717) is 60.1 Å². The standard InChI is InChI=1S/C21H21NO7/c23-20(24)22-7-5-13(6-8-22)21(25,14-1-3-16-18(9-14)28-11-26-16)15-2-4-17-19(10-15)29-12-27-17/h1-4,9-10,13,25H,5-8,11-12H2,(H,23,24). The number of piperidine rings is 1. The second-order valence-corrected chi connectivity index (χ2v) is 7.45. The van der Waals surface area contributed by atoms with Gasteiger partial charge in [-0.1, -0.05) is 12.1 Å². The topological polar surface area (TPSA) is 97.7 Å². The van der Waals surface area contributed by atoms with Crippen molar-refractivity contribution < 1.29 is 34.0 Å². The first-order valence-electron chi connectivity index (χ1n) is 9.56. The monoisotopic (exact) mass is 399 g/mol. The summed E-state index contributed by atoms with van der Waals surface area (Å²) in [5.74, 6) is 2.28. The Bertz CT molecular complexity index is 895. The molecule has 29 heavy (non-hydrogen) atoms. The number of carbonyl (C=O) groups is 1. The third-order valence-electron chi connectivity index (χ3n) is 5.98. The first-order valence-corrected chi connectivity index (χ1v) is 9.56. The first kappa shape index (κ1) is 17.9. The Hall–Kier alpha value is -3.13. The molecule has 1 fully saturated rings. The molecule has 2 N–H and O–H groups in total. The Kier molecular flexibility index (Phi) is 4.16. The molecule has 2 aromatic carbocycles. The quantitative estimate of drug-likeness (QED) is 0.819. The van der Waals surface area contributed by atoms with Gasteiger partial charge in [-0.25, -0.2) is 4.79 Å². The van der Waals surface area contributed by atoms with E-state index in [9.17, 15) is 15.0 Å². The van der Waals surface area contributed by atoms with Crippen LogP contribution in [0.4, 0.5) is 4.79 Å². The van der Waals surface area contributed by atoms with E-state index in [1.54, 1.807) is 24.3 Å². The Labute approximate surface area is 167 Å². The van der Waals surface area contributed by atoms with Gasteiger partial charge in [0.05, 0.1) is 0 Å². The van der Waals surface area contributed by atoms with E-state index in [4.69, 9.17) is 18.9 Å². The fraction of sp³-hybridized carbons (Fsp3) is 0.381. The van der Waals surface area contributed by atoms with E-state index in [1.165, 1.54) is 4.90 Å². The molecule has 8 heteroatoms. The van der Waals surface area contributed by atoms with Crippen molar-refractivity contribution in [2.45, 2.75) is 18.4 Å². The third-order valence-corrected chi connectivity index (χ3v) is 5.98. The Morgan fingerprint density at radius 1 is 0.862 bits per heavy atom. The van der Waals surface area contributed by atoms with E-state index in [2.05, 4.69) is 0 Å². The van der Waals surface area contributed by atoms with Gasteiger partial charge >= 0.3 is 6.09 Å².